The van der Waals surface area contributed by atoms with Crippen molar-refractivity contribution in [3.63, 3.8) is 0 Å². The SMILES string of the molecule is Cn1c(=O)c(C(=O)CSc2n[nH]c3nc4ccccc4n23)c(N)n(Cc2ccccc2)c1=O. The molecule has 0 aliphatic heterocycles. The number of thioether (sulfide) groups is 1. The lowest BCUT2D eigenvalue weighted by atomic mass is 10.2. The summed E-state index contributed by atoms with van der Waals surface area (Å²) in [6.45, 7) is 0.147. The van der Waals surface area contributed by atoms with Crippen molar-refractivity contribution in [3.8, 4) is 0 Å². The van der Waals surface area contributed by atoms with Gasteiger partial charge >= 0.3 is 5.69 Å². The third-order valence-electron chi connectivity index (χ3n) is 5.38. The molecule has 0 saturated carbocycles. The number of imidazole rings is 1. The van der Waals surface area contributed by atoms with Gasteiger partial charge in [-0.2, -0.15) is 0 Å². The summed E-state index contributed by atoms with van der Waals surface area (Å²) in [4.78, 5) is 43.0. The van der Waals surface area contributed by atoms with E-state index in [1.54, 1.807) is 0 Å². The Morgan fingerprint density at radius 2 is 1.82 bits per heavy atom. The van der Waals surface area contributed by atoms with Crippen LogP contribution in [0.2, 0.25) is 0 Å². The maximum Gasteiger partial charge on any atom is 0.332 e. The van der Waals surface area contributed by atoms with Gasteiger partial charge in [-0.25, -0.2) is 14.9 Å². The van der Waals surface area contributed by atoms with Crippen LogP contribution < -0.4 is 17.0 Å². The monoisotopic (exact) mass is 461 g/mol. The molecular formula is C22H19N7O3S. The van der Waals surface area contributed by atoms with Gasteiger partial charge in [-0.1, -0.05) is 54.2 Å². The second kappa shape index (κ2) is 8.10. The third kappa shape index (κ3) is 3.52. The molecule has 5 rings (SSSR count). The first-order valence-electron chi connectivity index (χ1n) is 10.1. The lowest BCUT2D eigenvalue weighted by molar-refractivity contribution is 0.102. The van der Waals surface area contributed by atoms with Gasteiger partial charge in [0.05, 0.1) is 23.3 Å². The van der Waals surface area contributed by atoms with E-state index < -0.39 is 17.0 Å². The van der Waals surface area contributed by atoms with E-state index in [-0.39, 0.29) is 23.7 Å². The molecule has 33 heavy (non-hydrogen) atoms. The van der Waals surface area contributed by atoms with Gasteiger partial charge in [0.25, 0.3) is 5.56 Å². The lowest BCUT2D eigenvalue weighted by Gasteiger charge is -2.14. The van der Waals surface area contributed by atoms with Gasteiger partial charge in [0.1, 0.15) is 11.4 Å². The van der Waals surface area contributed by atoms with Crippen LogP contribution in [0.15, 0.2) is 69.3 Å². The molecule has 0 saturated heterocycles. The number of ketones is 1. The number of hydrogen-bond acceptors (Lipinski definition) is 7. The van der Waals surface area contributed by atoms with Gasteiger partial charge < -0.3 is 5.73 Å². The normalized spacial score (nSPS) is 11.4. The Balaban J connectivity index is 1.48. The fourth-order valence-corrected chi connectivity index (χ4v) is 4.53. The topological polar surface area (TPSA) is 133 Å². The predicted octanol–water partition coefficient (Wildman–Crippen LogP) is 1.68. The summed E-state index contributed by atoms with van der Waals surface area (Å²) in [7, 11) is 1.34. The molecule has 3 heterocycles. The molecule has 166 valence electrons. The number of aromatic amines is 1. The van der Waals surface area contributed by atoms with E-state index in [9.17, 15) is 14.4 Å². The maximum atomic E-state index is 13.1. The highest BCUT2D eigenvalue weighted by Gasteiger charge is 2.23. The number of anilines is 1. The van der Waals surface area contributed by atoms with Crippen molar-refractivity contribution in [1.29, 1.82) is 0 Å². The number of rotatable bonds is 6. The van der Waals surface area contributed by atoms with Crippen molar-refractivity contribution in [3.05, 3.63) is 86.6 Å². The Kier molecular flexibility index (Phi) is 5.09. The van der Waals surface area contributed by atoms with Gasteiger partial charge in [-0.3, -0.25) is 23.1 Å². The quantitative estimate of drug-likeness (QED) is 0.290. The molecular weight excluding hydrogens is 442 g/mol. The van der Waals surface area contributed by atoms with Crippen molar-refractivity contribution in [2.24, 2.45) is 7.05 Å². The van der Waals surface area contributed by atoms with Crippen molar-refractivity contribution < 1.29 is 4.79 Å². The molecule has 0 aliphatic rings. The van der Waals surface area contributed by atoms with Gasteiger partial charge in [0.2, 0.25) is 5.78 Å². The Morgan fingerprint density at radius 1 is 1.09 bits per heavy atom. The summed E-state index contributed by atoms with van der Waals surface area (Å²) in [5.41, 5.74) is 7.15. The molecule has 2 aromatic carbocycles. The number of Topliss-reactive ketones (excluding diaryl/α,β-unsaturated/α-hetero) is 1. The molecule has 0 unspecified atom stereocenters. The molecule has 3 N–H and O–H groups in total. The predicted molar refractivity (Wildman–Crippen MR) is 126 cm³/mol. The summed E-state index contributed by atoms with van der Waals surface area (Å²) in [5.74, 6) is -0.161. The number of nitrogens with one attached hydrogen (secondary N) is 1. The van der Waals surface area contributed by atoms with Crippen LogP contribution in [0.25, 0.3) is 16.8 Å². The molecule has 0 atom stereocenters. The minimum Gasteiger partial charge on any atom is -0.384 e. The fourth-order valence-electron chi connectivity index (χ4n) is 3.71. The van der Waals surface area contributed by atoms with Crippen molar-refractivity contribution in [2.75, 3.05) is 11.5 Å². The third-order valence-corrected chi connectivity index (χ3v) is 6.32. The minimum atomic E-state index is -0.715. The molecule has 0 aliphatic carbocycles. The summed E-state index contributed by atoms with van der Waals surface area (Å²) in [5, 5.41) is 7.62. The Morgan fingerprint density at radius 3 is 2.61 bits per heavy atom. The largest absolute Gasteiger partial charge is 0.384 e. The highest BCUT2D eigenvalue weighted by molar-refractivity contribution is 7.99. The standard InChI is InChI=1S/C22H19N7O3S/c1-27-19(31)17(18(23)28(22(27)32)11-13-7-3-2-4-8-13)16(30)12-33-21-26-25-20-24-14-9-5-6-10-15(14)29(20)21/h2-10H,11-12,23H2,1H3,(H,24,25). The molecule has 0 radical (unpaired) electrons. The Bertz CT molecular complexity index is 1630. The molecule has 0 fully saturated rings. The zero-order valence-electron chi connectivity index (χ0n) is 17.6. The molecule has 11 heteroatoms. The van der Waals surface area contributed by atoms with E-state index in [1.807, 2.05) is 59.0 Å². The van der Waals surface area contributed by atoms with Crippen LogP contribution in [0.4, 0.5) is 5.82 Å². The second-order valence-electron chi connectivity index (χ2n) is 7.46. The van der Waals surface area contributed by atoms with Crippen LogP contribution in [-0.2, 0) is 13.6 Å². The molecule has 0 amide bonds. The zero-order valence-corrected chi connectivity index (χ0v) is 18.4. The molecule has 0 bridgehead atoms. The van der Waals surface area contributed by atoms with Crippen LogP contribution in [0.5, 0.6) is 0 Å². The fraction of sp³-hybridized carbons (Fsp3) is 0.136. The van der Waals surface area contributed by atoms with E-state index in [0.717, 1.165) is 32.9 Å². The molecule has 0 spiro atoms. The first kappa shape index (κ1) is 20.8. The van der Waals surface area contributed by atoms with Crippen molar-refractivity contribution >= 4 is 40.2 Å². The average molecular weight is 462 g/mol. The highest BCUT2D eigenvalue weighted by Crippen LogP contribution is 2.23. The van der Waals surface area contributed by atoms with Crippen LogP contribution in [-0.4, -0.2) is 40.3 Å². The van der Waals surface area contributed by atoms with E-state index in [4.69, 9.17) is 5.73 Å². The smallest absolute Gasteiger partial charge is 0.332 e. The van der Waals surface area contributed by atoms with E-state index in [1.165, 1.54) is 11.6 Å². The molecule has 3 aromatic heterocycles. The number of carbonyl (C=O) groups excluding carboxylic acids is 1. The first-order valence-corrected chi connectivity index (χ1v) is 11.0. The molecule has 10 nitrogen and oxygen atoms in total. The summed E-state index contributed by atoms with van der Waals surface area (Å²) in [6, 6.07) is 16.8. The van der Waals surface area contributed by atoms with Crippen LogP contribution >= 0.6 is 11.8 Å². The number of fused-ring (bicyclic) bond motifs is 3. The average Bonchev–Trinajstić information content (AvgIpc) is 3.39. The number of nitrogens with two attached hydrogens (primary N) is 1. The maximum absolute atomic E-state index is 13.1. The van der Waals surface area contributed by atoms with Gasteiger partial charge in [-0.15, -0.1) is 5.10 Å². The Labute approximate surface area is 190 Å². The molecule has 5 aromatic rings. The first-order chi connectivity index (χ1) is 16.0. The number of H-pyrrole nitrogens is 1. The van der Waals surface area contributed by atoms with E-state index >= 15 is 0 Å². The second-order valence-corrected chi connectivity index (χ2v) is 8.40. The Hall–Kier alpha value is -4.12. The van der Waals surface area contributed by atoms with E-state index in [2.05, 4.69) is 15.2 Å². The van der Waals surface area contributed by atoms with Gasteiger partial charge in [-0.05, 0) is 17.7 Å². The number of para-hydroxylation sites is 2. The summed E-state index contributed by atoms with van der Waals surface area (Å²) >= 11 is 1.16. The highest BCUT2D eigenvalue weighted by atomic mass is 32.2. The minimum absolute atomic E-state index is 0.0879. The lowest BCUT2D eigenvalue weighted by Crippen LogP contribution is -2.43. The summed E-state index contributed by atoms with van der Waals surface area (Å²) in [6.07, 6.45) is 0. The van der Waals surface area contributed by atoms with Crippen LogP contribution in [0.3, 0.4) is 0 Å². The number of nitrogen functional groups attached to an aromatic ring is 1. The number of carbonyl (C=O) groups is 1. The number of benzene rings is 2. The number of nitrogens with zero attached hydrogens (tertiary/aromatic N) is 5. The van der Waals surface area contributed by atoms with Crippen LogP contribution in [0, 0.1) is 0 Å². The zero-order chi connectivity index (χ0) is 23.1. The number of hydrogen-bond donors (Lipinski definition) is 2. The van der Waals surface area contributed by atoms with E-state index in [0.29, 0.717) is 10.9 Å². The van der Waals surface area contributed by atoms with Crippen LogP contribution in [0.1, 0.15) is 15.9 Å². The van der Waals surface area contributed by atoms with Crippen molar-refractivity contribution in [1.82, 2.24) is 28.7 Å². The number of aromatic nitrogens is 6. The van der Waals surface area contributed by atoms with Gasteiger partial charge in [0, 0.05) is 7.05 Å². The van der Waals surface area contributed by atoms with Gasteiger partial charge in [0.15, 0.2) is 10.9 Å². The van der Waals surface area contributed by atoms with Crippen molar-refractivity contribution in [2.45, 2.75) is 11.7 Å². The summed E-state index contributed by atoms with van der Waals surface area (Å²) < 4.78 is 3.96.